The Morgan fingerprint density at radius 3 is 2.71 bits per heavy atom. The Kier molecular flexibility index (Phi) is 2.21. The Morgan fingerprint density at radius 2 is 2.14 bits per heavy atom. The Balaban J connectivity index is 2.25. The van der Waals surface area contributed by atoms with E-state index in [-0.39, 0.29) is 6.42 Å². The standard InChI is InChI=1S/C10H9FO3/c11-7-4-2-1-3-6(7)9-5-8(12)10(13)14-9/h1-4,8-9,12H,5H2/t8-,9+/m0/s1. The number of halogens is 1. The molecule has 4 heteroatoms. The van der Waals surface area contributed by atoms with Crippen molar-refractivity contribution in [2.24, 2.45) is 0 Å². The highest BCUT2D eigenvalue weighted by molar-refractivity contribution is 5.76. The Morgan fingerprint density at radius 1 is 1.43 bits per heavy atom. The third-order valence-corrected chi connectivity index (χ3v) is 2.22. The molecule has 0 spiro atoms. The smallest absolute Gasteiger partial charge is 0.335 e. The molecule has 0 unspecified atom stereocenters. The summed E-state index contributed by atoms with van der Waals surface area (Å²) in [7, 11) is 0. The molecule has 1 heterocycles. The van der Waals surface area contributed by atoms with Crippen molar-refractivity contribution in [3.8, 4) is 0 Å². The Labute approximate surface area is 80.1 Å². The van der Waals surface area contributed by atoms with Gasteiger partial charge in [-0.1, -0.05) is 18.2 Å². The van der Waals surface area contributed by atoms with E-state index < -0.39 is 24.0 Å². The van der Waals surface area contributed by atoms with Gasteiger partial charge in [-0.05, 0) is 6.07 Å². The molecule has 1 saturated heterocycles. The molecule has 2 rings (SSSR count). The first-order chi connectivity index (χ1) is 6.68. The molecule has 0 amide bonds. The summed E-state index contributed by atoms with van der Waals surface area (Å²) in [5.74, 6) is -1.10. The van der Waals surface area contributed by atoms with Gasteiger partial charge in [0.1, 0.15) is 11.9 Å². The van der Waals surface area contributed by atoms with Crippen molar-refractivity contribution < 1.29 is 19.0 Å². The fraction of sp³-hybridized carbons (Fsp3) is 0.300. The average molecular weight is 196 g/mol. The van der Waals surface area contributed by atoms with Crippen LogP contribution < -0.4 is 0 Å². The number of ether oxygens (including phenoxy) is 1. The van der Waals surface area contributed by atoms with Gasteiger partial charge in [0.15, 0.2) is 6.10 Å². The van der Waals surface area contributed by atoms with E-state index in [1.165, 1.54) is 6.07 Å². The van der Waals surface area contributed by atoms with Gasteiger partial charge in [-0.3, -0.25) is 0 Å². The number of carbonyl (C=O) groups is 1. The first kappa shape index (κ1) is 9.15. The van der Waals surface area contributed by atoms with Crippen molar-refractivity contribution in [2.75, 3.05) is 0 Å². The lowest BCUT2D eigenvalue weighted by Gasteiger charge is -2.09. The van der Waals surface area contributed by atoms with E-state index in [0.29, 0.717) is 5.56 Å². The minimum absolute atomic E-state index is 0.125. The molecule has 74 valence electrons. The summed E-state index contributed by atoms with van der Waals surface area (Å²) in [6.07, 6.45) is -1.65. The molecule has 0 aromatic heterocycles. The SMILES string of the molecule is O=C1O[C@@H](c2ccccc2F)C[C@@H]1O. The normalized spacial score (nSPS) is 26.3. The van der Waals surface area contributed by atoms with Crippen LogP contribution in [0.15, 0.2) is 24.3 Å². The van der Waals surface area contributed by atoms with Gasteiger partial charge in [0, 0.05) is 12.0 Å². The van der Waals surface area contributed by atoms with Crippen molar-refractivity contribution in [2.45, 2.75) is 18.6 Å². The summed E-state index contributed by atoms with van der Waals surface area (Å²) in [6.45, 7) is 0. The molecule has 3 nitrogen and oxygen atoms in total. The van der Waals surface area contributed by atoms with Crippen LogP contribution in [0, 0.1) is 5.82 Å². The Bertz CT molecular complexity index is 364. The maximum atomic E-state index is 13.2. The summed E-state index contributed by atoms with van der Waals surface area (Å²) in [5, 5.41) is 9.12. The predicted octanol–water partition coefficient (Wildman–Crippen LogP) is 1.17. The molecule has 1 N–H and O–H groups in total. The monoisotopic (exact) mass is 196 g/mol. The quantitative estimate of drug-likeness (QED) is 0.686. The van der Waals surface area contributed by atoms with Gasteiger partial charge in [0.25, 0.3) is 0 Å². The van der Waals surface area contributed by atoms with Crippen molar-refractivity contribution in [3.05, 3.63) is 35.6 Å². The predicted molar refractivity (Wildman–Crippen MR) is 45.9 cm³/mol. The van der Waals surface area contributed by atoms with Gasteiger partial charge in [-0.15, -0.1) is 0 Å². The van der Waals surface area contributed by atoms with Crippen LogP contribution in [-0.4, -0.2) is 17.2 Å². The minimum Gasteiger partial charge on any atom is -0.455 e. The third kappa shape index (κ3) is 1.48. The number of rotatable bonds is 1. The highest BCUT2D eigenvalue weighted by atomic mass is 19.1. The zero-order valence-corrected chi connectivity index (χ0v) is 7.31. The molecule has 0 radical (unpaired) electrons. The first-order valence-corrected chi connectivity index (χ1v) is 4.31. The van der Waals surface area contributed by atoms with Gasteiger partial charge in [-0.25, -0.2) is 9.18 Å². The van der Waals surface area contributed by atoms with Gasteiger partial charge >= 0.3 is 5.97 Å². The fourth-order valence-electron chi connectivity index (χ4n) is 1.49. The lowest BCUT2D eigenvalue weighted by molar-refractivity contribution is -0.147. The zero-order chi connectivity index (χ0) is 10.1. The molecule has 1 aliphatic rings. The van der Waals surface area contributed by atoms with Crippen LogP contribution in [0.4, 0.5) is 4.39 Å². The average Bonchev–Trinajstić information content (AvgIpc) is 2.48. The van der Waals surface area contributed by atoms with Crippen LogP contribution in [0.5, 0.6) is 0 Å². The molecule has 0 aliphatic carbocycles. The van der Waals surface area contributed by atoms with E-state index in [9.17, 15) is 9.18 Å². The number of aliphatic hydroxyl groups excluding tert-OH is 1. The molecule has 0 bridgehead atoms. The van der Waals surface area contributed by atoms with Crippen molar-refractivity contribution in [1.29, 1.82) is 0 Å². The van der Waals surface area contributed by atoms with Gasteiger partial charge in [-0.2, -0.15) is 0 Å². The summed E-state index contributed by atoms with van der Waals surface area (Å²) < 4.78 is 18.0. The van der Waals surface area contributed by atoms with Crippen LogP contribution in [0.1, 0.15) is 18.1 Å². The van der Waals surface area contributed by atoms with E-state index in [1.807, 2.05) is 0 Å². The number of esters is 1. The second kappa shape index (κ2) is 3.38. The molecule has 2 atom stereocenters. The number of carbonyl (C=O) groups excluding carboxylic acids is 1. The third-order valence-electron chi connectivity index (χ3n) is 2.22. The largest absolute Gasteiger partial charge is 0.455 e. The van der Waals surface area contributed by atoms with E-state index in [4.69, 9.17) is 9.84 Å². The lowest BCUT2D eigenvalue weighted by atomic mass is 10.1. The van der Waals surface area contributed by atoms with Gasteiger partial charge < -0.3 is 9.84 Å². The zero-order valence-electron chi connectivity index (χ0n) is 7.31. The van der Waals surface area contributed by atoms with Gasteiger partial charge in [0.05, 0.1) is 0 Å². The van der Waals surface area contributed by atoms with Crippen molar-refractivity contribution in [3.63, 3.8) is 0 Å². The maximum absolute atomic E-state index is 13.2. The first-order valence-electron chi connectivity index (χ1n) is 4.31. The second-order valence-corrected chi connectivity index (χ2v) is 3.20. The summed E-state index contributed by atoms with van der Waals surface area (Å²) in [6, 6.07) is 6.07. The van der Waals surface area contributed by atoms with Gasteiger partial charge in [0.2, 0.25) is 0 Å². The summed E-state index contributed by atoms with van der Waals surface area (Å²) in [5.41, 5.74) is 0.317. The second-order valence-electron chi connectivity index (χ2n) is 3.20. The molecule has 0 saturated carbocycles. The number of benzene rings is 1. The van der Waals surface area contributed by atoms with Crippen molar-refractivity contribution >= 4 is 5.97 Å². The lowest BCUT2D eigenvalue weighted by Crippen LogP contribution is -2.11. The van der Waals surface area contributed by atoms with Crippen LogP contribution in [0.3, 0.4) is 0 Å². The Hall–Kier alpha value is -1.42. The van der Waals surface area contributed by atoms with Crippen LogP contribution in [0.25, 0.3) is 0 Å². The fourth-order valence-corrected chi connectivity index (χ4v) is 1.49. The minimum atomic E-state index is -1.13. The molecule has 1 aromatic carbocycles. The van der Waals surface area contributed by atoms with Crippen LogP contribution in [0.2, 0.25) is 0 Å². The summed E-state index contributed by atoms with van der Waals surface area (Å²) >= 11 is 0. The van der Waals surface area contributed by atoms with E-state index >= 15 is 0 Å². The number of cyclic esters (lactones) is 1. The van der Waals surface area contributed by atoms with Crippen molar-refractivity contribution in [1.82, 2.24) is 0 Å². The highest BCUT2D eigenvalue weighted by Crippen LogP contribution is 2.30. The molecular weight excluding hydrogens is 187 g/mol. The number of hydrogen-bond donors (Lipinski definition) is 1. The number of aliphatic hydroxyl groups is 1. The van der Waals surface area contributed by atoms with E-state index in [1.54, 1.807) is 18.2 Å². The van der Waals surface area contributed by atoms with Crippen LogP contribution in [-0.2, 0) is 9.53 Å². The molecule has 1 aliphatic heterocycles. The highest BCUT2D eigenvalue weighted by Gasteiger charge is 2.34. The maximum Gasteiger partial charge on any atom is 0.335 e. The molecule has 14 heavy (non-hydrogen) atoms. The van der Waals surface area contributed by atoms with Crippen LogP contribution >= 0.6 is 0 Å². The molecular formula is C10H9FO3. The molecule has 1 aromatic rings. The van der Waals surface area contributed by atoms with E-state index in [0.717, 1.165) is 0 Å². The van der Waals surface area contributed by atoms with E-state index in [2.05, 4.69) is 0 Å². The number of hydrogen-bond acceptors (Lipinski definition) is 3. The summed E-state index contributed by atoms with van der Waals surface area (Å²) in [4.78, 5) is 10.9. The molecule has 1 fully saturated rings. The topological polar surface area (TPSA) is 46.5 Å².